The number of nitrogens with two attached hydrogens (primary N) is 1. The highest BCUT2D eigenvalue weighted by molar-refractivity contribution is 8.07. The maximum absolute atomic E-state index is 6.39. The molecule has 2 N–H and O–H groups in total. The van der Waals surface area contributed by atoms with Crippen molar-refractivity contribution in [3.63, 3.8) is 0 Å². The number of thioether (sulfide) groups is 2. The smallest absolute Gasteiger partial charge is 0.0598 e. The van der Waals surface area contributed by atoms with Gasteiger partial charge in [0.15, 0.2) is 0 Å². The maximum Gasteiger partial charge on any atom is 0.0598 e. The zero-order valence-corrected chi connectivity index (χ0v) is 11.4. The molecule has 0 amide bonds. The van der Waals surface area contributed by atoms with E-state index in [9.17, 15) is 0 Å². The summed E-state index contributed by atoms with van der Waals surface area (Å²) in [6.45, 7) is 5.29. The molecule has 3 nitrogen and oxygen atoms in total. The molecule has 2 rings (SSSR count). The summed E-state index contributed by atoms with van der Waals surface area (Å²) in [6, 6.07) is 2.16. The van der Waals surface area contributed by atoms with Gasteiger partial charge >= 0.3 is 0 Å². The van der Waals surface area contributed by atoms with Crippen LogP contribution in [0.1, 0.15) is 25.6 Å². The van der Waals surface area contributed by atoms with Crippen LogP contribution in [-0.2, 0) is 6.54 Å². The van der Waals surface area contributed by atoms with Gasteiger partial charge in [0, 0.05) is 34.7 Å². The molecule has 0 bridgehead atoms. The second-order valence-electron chi connectivity index (χ2n) is 4.01. The lowest BCUT2D eigenvalue weighted by Gasteiger charge is -2.32. The lowest BCUT2D eigenvalue weighted by Crippen LogP contribution is -2.35. The fraction of sp³-hybridized carbons (Fsp3) is 0.727. The molecule has 16 heavy (non-hydrogen) atoms. The molecule has 1 aliphatic rings. The molecule has 0 saturated carbocycles. The van der Waals surface area contributed by atoms with Crippen LogP contribution in [0.25, 0.3) is 0 Å². The molecule has 90 valence electrons. The van der Waals surface area contributed by atoms with Gasteiger partial charge in [0.25, 0.3) is 0 Å². The number of hydrogen-bond donors (Lipinski definition) is 1. The summed E-state index contributed by atoms with van der Waals surface area (Å²) in [7, 11) is 0. The van der Waals surface area contributed by atoms with Crippen molar-refractivity contribution in [2.45, 2.75) is 36.9 Å². The van der Waals surface area contributed by atoms with Crippen LogP contribution in [-0.4, -0.2) is 31.8 Å². The number of aryl methyl sites for hydroxylation is 1. The molecule has 0 aliphatic carbocycles. The van der Waals surface area contributed by atoms with Gasteiger partial charge in [0.05, 0.1) is 11.7 Å². The molecule has 3 atom stereocenters. The third kappa shape index (κ3) is 2.41. The van der Waals surface area contributed by atoms with Gasteiger partial charge in [-0.3, -0.25) is 4.68 Å². The first-order valence-electron chi connectivity index (χ1n) is 5.74. The monoisotopic (exact) mass is 257 g/mol. The average molecular weight is 257 g/mol. The molecule has 5 heteroatoms. The first-order chi connectivity index (χ1) is 7.74. The van der Waals surface area contributed by atoms with Gasteiger partial charge in [0.1, 0.15) is 0 Å². The molecule has 0 aromatic carbocycles. The fourth-order valence-corrected chi connectivity index (χ4v) is 4.96. The van der Waals surface area contributed by atoms with Crippen LogP contribution in [0.15, 0.2) is 12.3 Å². The van der Waals surface area contributed by atoms with Crippen molar-refractivity contribution < 1.29 is 0 Å². The maximum atomic E-state index is 6.39. The second kappa shape index (κ2) is 5.47. The zero-order chi connectivity index (χ0) is 11.5. The summed E-state index contributed by atoms with van der Waals surface area (Å²) < 4.78 is 2.01. The normalized spacial score (nSPS) is 27.9. The minimum Gasteiger partial charge on any atom is -0.322 e. The Morgan fingerprint density at radius 2 is 2.31 bits per heavy atom. The molecule has 0 radical (unpaired) electrons. The lowest BCUT2D eigenvalue weighted by atomic mass is 10.1. The Labute approximate surface area is 106 Å². The van der Waals surface area contributed by atoms with E-state index in [0.717, 1.165) is 6.54 Å². The Balaban J connectivity index is 2.14. The number of aromatic nitrogens is 2. The third-order valence-electron chi connectivity index (χ3n) is 2.98. The minimum atomic E-state index is 0.107. The van der Waals surface area contributed by atoms with E-state index in [4.69, 9.17) is 5.73 Å². The Hall–Kier alpha value is -0.130. The van der Waals surface area contributed by atoms with Crippen LogP contribution in [0.5, 0.6) is 0 Å². The van der Waals surface area contributed by atoms with Gasteiger partial charge in [-0.1, -0.05) is 6.92 Å². The van der Waals surface area contributed by atoms with Gasteiger partial charge in [-0.2, -0.15) is 28.6 Å². The summed E-state index contributed by atoms with van der Waals surface area (Å²) in [4.78, 5) is 0. The predicted molar refractivity (Wildman–Crippen MR) is 73.0 cm³/mol. The number of nitrogens with zero attached hydrogens (tertiary/aromatic N) is 2. The summed E-state index contributed by atoms with van der Waals surface area (Å²) in [5.74, 6) is 2.47. The SMILES string of the molecule is CCn1nccc1C(N)C1SCCSC1C. The third-order valence-corrected chi connectivity index (χ3v) is 6.20. The molecule has 1 aromatic heterocycles. The lowest BCUT2D eigenvalue weighted by molar-refractivity contribution is 0.553. The quantitative estimate of drug-likeness (QED) is 0.901. The van der Waals surface area contributed by atoms with Gasteiger partial charge in [-0.05, 0) is 13.0 Å². The topological polar surface area (TPSA) is 43.8 Å². The number of rotatable bonds is 3. The largest absolute Gasteiger partial charge is 0.322 e. The summed E-state index contributed by atoms with van der Waals surface area (Å²) in [6.07, 6.45) is 1.85. The highest BCUT2D eigenvalue weighted by Crippen LogP contribution is 2.37. The average Bonchev–Trinajstić information content (AvgIpc) is 2.77. The van der Waals surface area contributed by atoms with E-state index in [0.29, 0.717) is 10.5 Å². The van der Waals surface area contributed by atoms with E-state index in [1.807, 2.05) is 34.4 Å². The summed E-state index contributed by atoms with van der Waals surface area (Å²) >= 11 is 4.04. The standard InChI is InChI=1S/C11H19N3S2/c1-3-14-9(4-5-13-14)10(12)11-8(2)15-6-7-16-11/h4-5,8,10-11H,3,6-7,12H2,1-2H3. The fourth-order valence-electron chi connectivity index (χ4n) is 2.10. The molecular formula is C11H19N3S2. The van der Waals surface area contributed by atoms with E-state index >= 15 is 0 Å². The van der Waals surface area contributed by atoms with Crippen molar-refractivity contribution in [3.8, 4) is 0 Å². The Bertz CT molecular complexity index is 340. The van der Waals surface area contributed by atoms with Crippen molar-refractivity contribution in [3.05, 3.63) is 18.0 Å². The van der Waals surface area contributed by atoms with Crippen molar-refractivity contribution >= 4 is 23.5 Å². The van der Waals surface area contributed by atoms with Crippen molar-refractivity contribution in [2.24, 2.45) is 5.73 Å². The second-order valence-corrected chi connectivity index (χ2v) is 6.78. The Kier molecular flexibility index (Phi) is 4.21. The zero-order valence-electron chi connectivity index (χ0n) is 9.80. The van der Waals surface area contributed by atoms with E-state index in [2.05, 4.69) is 25.0 Å². The van der Waals surface area contributed by atoms with E-state index in [-0.39, 0.29) is 6.04 Å². The molecule has 2 heterocycles. The van der Waals surface area contributed by atoms with E-state index in [1.54, 1.807) is 0 Å². The van der Waals surface area contributed by atoms with Gasteiger partial charge in [-0.15, -0.1) is 0 Å². The van der Waals surface area contributed by atoms with Crippen molar-refractivity contribution in [1.82, 2.24) is 9.78 Å². The molecule has 1 aliphatic heterocycles. The Morgan fingerprint density at radius 1 is 1.56 bits per heavy atom. The number of hydrogen-bond acceptors (Lipinski definition) is 4. The van der Waals surface area contributed by atoms with Crippen LogP contribution in [0.4, 0.5) is 0 Å². The molecule has 0 spiro atoms. The molecule has 1 saturated heterocycles. The van der Waals surface area contributed by atoms with Gasteiger partial charge in [0.2, 0.25) is 0 Å². The van der Waals surface area contributed by atoms with Crippen LogP contribution in [0.3, 0.4) is 0 Å². The highest BCUT2D eigenvalue weighted by Gasteiger charge is 2.30. The van der Waals surface area contributed by atoms with Crippen LogP contribution in [0.2, 0.25) is 0 Å². The first-order valence-corrected chi connectivity index (χ1v) is 7.84. The van der Waals surface area contributed by atoms with Gasteiger partial charge in [-0.25, -0.2) is 0 Å². The summed E-state index contributed by atoms with van der Waals surface area (Å²) in [5.41, 5.74) is 7.56. The van der Waals surface area contributed by atoms with Crippen LogP contribution in [0, 0.1) is 0 Å². The molecule has 3 unspecified atom stereocenters. The Morgan fingerprint density at radius 3 is 3.00 bits per heavy atom. The predicted octanol–water partition coefficient (Wildman–Crippen LogP) is 2.14. The molecule has 1 aromatic rings. The first kappa shape index (κ1) is 12.3. The molecular weight excluding hydrogens is 238 g/mol. The van der Waals surface area contributed by atoms with Crippen molar-refractivity contribution in [1.29, 1.82) is 0 Å². The van der Waals surface area contributed by atoms with Crippen LogP contribution >= 0.6 is 23.5 Å². The highest BCUT2D eigenvalue weighted by atomic mass is 32.2. The van der Waals surface area contributed by atoms with Crippen molar-refractivity contribution in [2.75, 3.05) is 11.5 Å². The van der Waals surface area contributed by atoms with Crippen LogP contribution < -0.4 is 5.73 Å². The minimum absolute atomic E-state index is 0.107. The van der Waals surface area contributed by atoms with E-state index in [1.165, 1.54) is 17.2 Å². The summed E-state index contributed by atoms with van der Waals surface area (Å²) in [5, 5.41) is 5.44. The van der Waals surface area contributed by atoms with E-state index < -0.39 is 0 Å². The van der Waals surface area contributed by atoms with Gasteiger partial charge < -0.3 is 5.73 Å². The molecule has 1 fully saturated rings.